The number of benzene rings is 1. The molecule has 3 aromatic rings. The van der Waals surface area contributed by atoms with Gasteiger partial charge in [0.25, 0.3) is 0 Å². The van der Waals surface area contributed by atoms with Crippen LogP contribution < -0.4 is 4.74 Å². The Balaban J connectivity index is 1.62. The van der Waals surface area contributed by atoms with Crippen LogP contribution in [0.15, 0.2) is 77.8 Å². The van der Waals surface area contributed by atoms with Crippen LogP contribution in [-0.2, 0) is 0 Å². The van der Waals surface area contributed by atoms with E-state index in [0.29, 0.717) is 11.8 Å². The zero-order valence-electron chi connectivity index (χ0n) is 14.2. The minimum absolute atomic E-state index is 0.340. The highest BCUT2D eigenvalue weighted by Gasteiger charge is 2.14. The van der Waals surface area contributed by atoms with Gasteiger partial charge in [-0.25, -0.2) is 9.97 Å². The number of aromatic nitrogens is 3. The molecule has 128 valence electrons. The molecular weight excluding hydrogens is 324 g/mol. The monoisotopic (exact) mass is 342 g/mol. The van der Waals surface area contributed by atoms with E-state index in [1.807, 2.05) is 30.5 Å². The fraction of sp³-hybridized carbons (Fsp3) is 0.143. The van der Waals surface area contributed by atoms with E-state index in [1.165, 1.54) is 5.57 Å². The molecule has 26 heavy (non-hydrogen) atoms. The van der Waals surface area contributed by atoms with Crippen molar-refractivity contribution >= 4 is 11.8 Å². The molecule has 0 unspecified atom stereocenters. The molecule has 3 heterocycles. The predicted octanol–water partition coefficient (Wildman–Crippen LogP) is 4.33. The highest BCUT2D eigenvalue weighted by Crippen LogP contribution is 2.24. The van der Waals surface area contributed by atoms with Gasteiger partial charge in [0.2, 0.25) is 0 Å². The molecule has 0 spiro atoms. The second-order valence-electron chi connectivity index (χ2n) is 5.95. The number of hydrogen-bond donors (Lipinski definition) is 0. The van der Waals surface area contributed by atoms with Crippen LogP contribution in [0.5, 0.6) is 11.8 Å². The number of aliphatic imine (C=N–C) groups is 1. The summed E-state index contributed by atoms with van der Waals surface area (Å²) in [6.07, 6.45) is 11.2. The summed E-state index contributed by atoms with van der Waals surface area (Å²) in [5, 5.41) is 0. The molecule has 0 fully saturated rings. The first-order valence-corrected chi connectivity index (χ1v) is 8.59. The summed E-state index contributed by atoms with van der Waals surface area (Å²) < 4.78 is 5.73. The van der Waals surface area contributed by atoms with Gasteiger partial charge in [0.15, 0.2) is 0 Å². The maximum atomic E-state index is 5.73. The lowest BCUT2D eigenvalue weighted by Gasteiger charge is -2.16. The van der Waals surface area contributed by atoms with E-state index in [9.17, 15) is 0 Å². The Bertz CT molecular complexity index is 936. The molecule has 5 heteroatoms. The molecule has 1 aliphatic rings. The average Bonchev–Trinajstić information content (AvgIpc) is 2.70. The molecule has 0 aliphatic carbocycles. The summed E-state index contributed by atoms with van der Waals surface area (Å²) in [4.78, 5) is 17.1. The van der Waals surface area contributed by atoms with E-state index in [4.69, 9.17) is 9.73 Å². The van der Waals surface area contributed by atoms with Crippen molar-refractivity contribution < 1.29 is 4.74 Å². The van der Waals surface area contributed by atoms with Gasteiger partial charge >= 0.3 is 6.01 Å². The Morgan fingerprint density at radius 3 is 2.73 bits per heavy atom. The van der Waals surface area contributed by atoms with Crippen molar-refractivity contribution in [3.63, 3.8) is 0 Å². The number of hydrogen-bond acceptors (Lipinski definition) is 5. The van der Waals surface area contributed by atoms with E-state index in [2.05, 4.69) is 33.2 Å². The highest BCUT2D eigenvalue weighted by atomic mass is 16.5. The molecule has 0 amide bonds. The van der Waals surface area contributed by atoms with Crippen molar-refractivity contribution in [1.82, 2.24) is 15.0 Å². The van der Waals surface area contributed by atoms with E-state index in [0.717, 1.165) is 36.2 Å². The van der Waals surface area contributed by atoms with Gasteiger partial charge in [0.05, 0.1) is 5.71 Å². The summed E-state index contributed by atoms with van der Waals surface area (Å²) in [7, 11) is 0. The number of pyridine rings is 1. The van der Waals surface area contributed by atoms with E-state index >= 15 is 0 Å². The van der Waals surface area contributed by atoms with Crippen molar-refractivity contribution in [3.8, 4) is 11.8 Å². The molecule has 1 aromatic carbocycles. The summed E-state index contributed by atoms with van der Waals surface area (Å²) in [6, 6.07) is 14.0. The summed E-state index contributed by atoms with van der Waals surface area (Å²) in [6.45, 7) is 0.857. The quantitative estimate of drug-likeness (QED) is 0.708. The largest absolute Gasteiger partial charge is 0.424 e. The Kier molecular flexibility index (Phi) is 4.78. The molecule has 0 saturated carbocycles. The standard InChI is InChI=1S/C21H18N4O/c1-5-16(14-19(8-1)26-21-24-11-4-12-25-21)13-17-6-3-10-23-20(17)18-7-2-9-22-15-18/h1-2,4-5,7-9,11-15H,3,6,10H2/b17-13+. The third-order valence-corrected chi connectivity index (χ3v) is 4.06. The molecule has 4 rings (SSSR count). The van der Waals surface area contributed by atoms with Crippen LogP contribution >= 0.6 is 0 Å². The zero-order chi connectivity index (χ0) is 17.6. The predicted molar refractivity (Wildman–Crippen MR) is 101 cm³/mol. The first kappa shape index (κ1) is 16.1. The van der Waals surface area contributed by atoms with Crippen LogP contribution in [0.25, 0.3) is 6.08 Å². The van der Waals surface area contributed by atoms with Crippen LogP contribution in [0, 0.1) is 0 Å². The minimum Gasteiger partial charge on any atom is -0.424 e. The Morgan fingerprint density at radius 1 is 0.962 bits per heavy atom. The second-order valence-corrected chi connectivity index (χ2v) is 5.95. The number of ether oxygens (including phenoxy) is 1. The Labute approximate surface area is 152 Å². The van der Waals surface area contributed by atoms with Gasteiger partial charge in [-0.15, -0.1) is 0 Å². The smallest absolute Gasteiger partial charge is 0.321 e. The summed E-state index contributed by atoms with van der Waals surface area (Å²) in [5.74, 6) is 0.709. The Morgan fingerprint density at radius 2 is 1.88 bits per heavy atom. The van der Waals surface area contributed by atoms with Gasteiger partial charge < -0.3 is 4.74 Å². The van der Waals surface area contributed by atoms with Gasteiger partial charge in [-0.1, -0.05) is 12.1 Å². The van der Waals surface area contributed by atoms with Crippen LogP contribution in [0.3, 0.4) is 0 Å². The molecule has 0 radical (unpaired) electrons. The van der Waals surface area contributed by atoms with Crippen molar-refractivity contribution in [2.75, 3.05) is 6.54 Å². The molecule has 0 N–H and O–H groups in total. The maximum Gasteiger partial charge on any atom is 0.321 e. The number of allylic oxidation sites excluding steroid dienone is 1. The van der Waals surface area contributed by atoms with Crippen LogP contribution in [0.2, 0.25) is 0 Å². The lowest BCUT2D eigenvalue weighted by atomic mass is 9.95. The number of rotatable bonds is 4. The molecule has 2 aromatic heterocycles. The van der Waals surface area contributed by atoms with Gasteiger partial charge in [-0.3, -0.25) is 9.98 Å². The van der Waals surface area contributed by atoms with Crippen LogP contribution in [-0.4, -0.2) is 27.2 Å². The molecule has 0 bridgehead atoms. The highest BCUT2D eigenvalue weighted by molar-refractivity contribution is 6.15. The fourth-order valence-corrected chi connectivity index (χ4v) is 2.91. The van der Waals surface area contributed by atoms with Crippen molar-refractivity contribution in [2.24, 2.45) is 4.99 Å². The summed E-state index contributed by atoms with van der Waals surface area (Å²) in [5.41, 5.74) is 4.37. The van der Waals surface area contributed by atoms with E-state index in [1.54, 1.807) is 24.7 Å². The van der Waals surface area contributed by atoms with Gasteiger partial charge in [0.1, 0.15) is 5.75 Å². The first-order valence-electron chi connectivity index (χ1n) is 8.59. The van der Waals surface area contributed by atoms with Gasteiger partial charge in [0, 0.05) is 36.9 Å². The van der Waals surface area contributed by atoms with Crippen LogP contribution in [0.4, 0.5) is 0 Å². The van der Waals surface area contributed by atoms with Crippen molar-refractivity contribution in [1.29, 1.82) is 0 Å². The third kappa shape index (κ3) is 3.83. The number of nitrogens with zero attached hydrogens (tertiary/aromatic N) is 4. The SMILES string of the molecule is C(=C1/CCCN=C1c1cccnc1)/c1cccc(Oc2ncccn2)c1. The molecule has 0 saturated heterocycles. The second kappa shape index (κ2) is 7.70. The fourth-order valence-electron chi connectivity index (χ4n) is 2.91. The molecule has 0 atom stereocenters. The third-order valence-electron chi connectivity index (χ3n) is 4.06. The summed E-state index contributed by atoms with van der Waals surface area (Å²) >= 11 is 0. The topological polar surface area (TPSA) is 60.3 Å². The minimum atomic E-state index is 0.340. The van der Waals surface area contributed by atoms with E-state index in [-0.39, 0.29) is 0 Å². The van der Waals surface area contributed by atoms with Gasteiger partial charge in [-0.2, -0.15) is 0 Å². The average molecular weight is 342 g/mol. The zero-order valence-corrected chi connectivity index (χ0v) is 14.2. The van der Waals surface area contributed by atoms with Crippen molar-refractivity contribution in [2.45, 2.75) is 12.8 Å². The lowest BCUT2D eigenvalue weighted by Crippen LogP contribution is -2.11. The maximum absolute atomic E-state index is 5.73. The van der Waals surface area contributed by atoms with E-state index < -0.39 is 0 Å². The first-order chi connectivity index (χ1) is 12.9. The molecule has 1 aliphatic heterocycles. The molecular formula is C21H18N4O. The van der Waals surface area contributed by atoms with Crippen LogP contribution in [0.1, 0.15) is 24.0 Å². The van der Waals surface area contributed by atoms with Crippen molar-refractivity contribution in [3.05, 3.63) is 84.0 Å². The lowest BCUT2D eigenvalue weighted by molar-refractivity contribution is 0.441. The van der Waals surface area contributed by atoms with Gasteiger partial charge in [-0.05, 0) is 60.4 Å². The normalized spacial score (nSPS) is 15.5. The molecule has 5 nitrogen and oxygen atoms in total. The Hall–Kier alpha value is -3.34.